The van der Waals surface area contributed by atoms with Crippen molar-refractivity contribution in [3.63, 3.8) is 0 Å². The second kappa shape index (κ2) is 13.1. The number of benzene rings is 2. The first-order valence-electron chi connectivity index (χ1n) is 11.2. The molecule has 3 amide bonds. The molecule has 34 heavy (non-hydrogen) atoms. The van der Waals surface area contributed by atoms with Crippen LogP contribution in [0, 0.1) is 0 Å². The molecule has 0 aliphatic heterocycles. The molecule has 0 fully saturated rings. The van der Waals surface area contributed by atoms with Crippen LogP contribution in [0.2, 0.25) is 0 Å². The van der Waals surface area contributed by atoms with E-state index in [0.29, 0.717) is 13.1 Å². The number of nitrogens with one attached hydrogen (secondary N) is 3. The Kier molecular flexibility index (Phi) is 9.57. The lowest BCUT2D eigenvalue weighted by Crippen LogP contribution is -2.49. The molecule has 8 heteroatoms. The van der Waals surface area contributed by atoms with Crippen molar-refractivity contribution in [2.24, 2.45) is 0 Å². The van der Waals surface area contributed by atoms with Crippen molar-refractivity contribution in [1.29, 1.82) is 0 Å². The van der Waals surface area contributed by atoms with Gasteiger partial charge in [0.2, 0.25) is 0 Å². The van der Waals surface area contributed by atoms with Gasteiger partial charge in [0.25, 0.3) is 0 Å². The minimum atomic E-state index is -0.811. The number of pyridine rings is 1. The van der Waals surface area contributed by atoms with Gasteiger partial charge < -0.3 is 10.1 Å². The molecule has 3 aromatic rings. The third kappa shape index (κ3) is 7.99. The summed E-state index contributed by atoms with van der Waals surface area (Å²) in [5, 5.41) is 7.29. The number of carbonyl (C=O) groups is 2. The Labute approximate surface area is 200 Å². The topological polar surface area (TPSA) is 95.6 Å². The molecule has 8 nitrogen and oxygen atoms in total. The molecule has 1 unspecified atom stereocenters. The SMILES string of the molecule is CNC(CCN(Cc1ccc(-c2ccccn2)cc1)NC(=O)NC(=O)OC)Cc1ccccc1. The van der Waals surface area contributed by atoms with Crippen LogP contribution in [-0.4, -0.2) is 48.9 Å². The Morgan fingerprint density at radius 2 is 1.71 bits per heavy atom. The second-order valence-electron chi connectivity index (χ2n) is 7.85. The summed E-state index contributed by atoms with van der Waals surface area (Å²) in [5.41, 5.74) is 6.94. The van der Waals surface area contributed by atoms with Crippen LogP contribution in [0.25, 0.3) is 11.3 Å². The maximum atomic E-state index is 12.3. The Bertz CT molecular complexity index is 1030. The maximum Gasteiger partial charge on any atom is 0.415 e. The predicted octanol–water partition coefficient (Wildman–Crippen LogP) is 3.75. The van der Waals surface area contributed by atoms with Gasteiger partial charge in [-0.15, -0.1) is 0 Å². The second-order valence-corrected chi connectivity index (χ2v) is 7.85. The smallest absolute Gasteiger partial charge is 0.415 e. The Morgan fingerprint density at radius 3 is 2.35 bits per heavy atom. The largest absolute Gasteiger partial charge is 0.453 e. The van der Waals surface area contributed by atoms with Crippen LogP contribution in [0.4, 0.5) is 9.59 Å². The van der Waals surface area contributed by atoms with Gasteiger partial charge in [-0.3, -0.25) is 10.4 Å². The number of aromatic nitrogens is 1. The molecule has 178 valence electrons. The summed E-state index contributed by atoms with van der Waals surface area (Å²) in [6, 6.07) is 23.7. The van der Waals surface area contributed by atoms with Crippen molar-refractivity contribution in [3.8, 4) is 11.3 Å². The number of rotatable bonds is 10. The first kappa shape index (κ1) is 24.9. The minimum absolute atomic E-state index is 0.224. The molecule has 3 N–H and O–H groups in total. The zero-order valence-electron chi connectivity index (χ0n) is 19.5. The molecule has 1 atom stereocenters. The van der Waals surface area contributed by atoms with Crippen LogP contribution >= 0.6 is 0 Å². The van der Waals surface area contributed by atoms with E-state index >= 15 is 0 Å². The standard InChI is InChI=1S/C26H31N5O3/c1-27-23(18-20-8-4-3-5-9-20)15-17-31(30-25(32)29-26(33)34-2)19-21-11-13-22(14-12-21)24-10-6-7-16-28-24/h3-14,16,23,27H,15,17-19H2,1-2H3,(H2,29,30,32,33). The number of urea groups is 1. The molecule has 0 radical (unpaired) electrons. The highest BCUT2D eigenvalue weighted by Crippen LogP contribution is 2.17. The number of likely N-dealkylation sites (N-methyl/N-ethyl adjacent to an activating group) is 1. The summed E-state index contributed by atoms with van der Waals surface area (Å²) in [6.07, 6.45) is 2.62. The average molecular weight is 462 g/mol. The zero-order valence-corrected chi connectivity index (χ0v) is 19.5. The molecule has 0 saturated heterocycles. The number of hydrogen-bond acceptors (Lipinski definition) is 6. The van der Waals surface area contributed by atoms with Crippen molar-refractivity contribution in [3.05, 3.63) is 90.1 Å². The fraction of sp³-hybridized carbons (Fsp3) is 0.269. The van der Waals surface area contributed by atoms with Crippen molar-refractivity contribution >= 4 is 12.1 Å². The van der Waals surface area contributed by atoms with Gasteiger partial charge in [-0.25, -0.2) is 19.9 Å². The van der Waals surface area contributed by atoms with E-state index in [-0.39, 0.29) is 6.04 Å². The van der Waals surface area contributed by atoms with E-state index in [2.05, 4.69) is 37.9 Å². The van der Waals surface area contributed by atoms with Crippen LogP contribution < -0.4 is 16.1 Å². The van der Waals surface area contributed by atoms with Gasteiger partial charge in [-0.1, -0.05) is 60.7 Å². The summed E-state index contributed by atoms with van der Waals surface area (Å²) in [4.78, 5) is 28.1. The van der Waals surface area contributed by atoms with Gasteiger partial charge in [0.1, 0.15) is 0 Å². The van der Waals surface area contributed by atoms with Gasteiger partial charge in [0.05, 0.1) is 12.8 Å². The third-order valence-corrected chi connectivity index (χ3v) is 5.43. The molecule has 0 aliphatic rings. The van der Waals surface area contributed by atoms with Crippen LogP contribution in [0.15, 0.2) is 79.0 Å². The maximum absolute atomic E-state index is 12.3. The van der Waals surface area contributed by atoms with E-state index in [1.54, 1.807) is 11.2 Å². The lowest BCUT2D eigenvalue weighted by molar-refractivity contribution is 0.151. The number of hydrogen-bond donors (Lipinski definition) is 3. The first-order chi connectivity index (χ1) is 16.6. The molecule has 0 saturated carbocycles. The fourth-order valence-electron chi connectivity index (χ4n) is 3.58. The molecule has 3 rings (SSSR count). The quantitative estimate of drug-likeness (QED) is 0.398. The number of methoxy groups -OCH3 is 1. The fourth-order valence-corrected chi connectivity index (χ4v) is 3.58. The monoisotopic (exact) mass is 461 g/mol. The third-order valence-electron chi connectivity index (χ3n) is 5.43. The van der Waals surface area contributed by atoms with Crippen LogP contribution in [0.5, 0.6) is 0 Å². The number of hydrazine groups is 1. The molecule has 1 aromatic heterocycles. The molecular weight excluding hydrogens is 430 g/mol. The number of imide groups is 1. The highest BCUT2D eigenvalue weighted by molar-refractivity contribution is 5.90. The van der Waals surface area contributed by atoms with Gasteiger partial charge >= 0.3 is 12.1 Å². The minimum Gasteiger partial charge on any atom is -0.453 e. The van der Waals surface area contributed by atoms with Crippen LogP contribution in [-0.2, 0) is 17.7 Å². The molecule has 0 spiro atoms. The molecular formula is C26H31N5O3. The lowest BCUT2D eigenvalue weighted by Gasteiger charge is -2.26. The average Bonchev–Trinajstić information content (AvgIpc) is 2.87. The van der Waals surface area contributed by atoms with Crippen LogP contribution in [0.1, 0.15) is 17.5 Å². The normalized spacial score (nSPS) is 11.6. The molecule has 1 heterocycles. The highest BCUT2D eigenvalue weighted by Gasteiger charge is 2.16. The van der Waals surface area contributed by atoms with E-state index in [0.717, 1.165) is 29.7 Å². The van der Waals surface area contributed by atoms with E-state index in [4.69, 9.17) is 0 Å². The van der Waals surface area contributed by atoms with E-state index < -0.39 is 12.1 Å². The van der Waals surface area contributed by atoms with Crippen LogP contribution in [0.3, 0.4) is 0 Å². The summed E-state index contributed by atoms with van der Waals surface area (Å²) in [5.74, 6) is 0. The zero-order chi connectivity index (χ0) is 24.2. The number of ether oxygens (including phenoxy) is 1. The van der Waals surface area contributed by atoms with Crippen molar-refractivity contribution in [2.45, 2.75) is 25.4 Å². The summed E-state index contributed by atoms with van der Waals surface area (Å²) in [6.45, 7) is 1.05. The Morgan fingerprint density at radius 1 is 0.971 bits per heavy atom. The van der Waals surface area contributed by atoms with Gasteiger partial charge in [-0.2, -0.15) is 0 Å². The summed E-state index contributed by atoms with van der Waals surface area (Å²) in [7, 11) is 3.15. The molecule has 0 aliphatic carbocycles. The van der Waals surface area contributed by atoms with Crippen molar-refractivity contribution < 1.29 is 14.3 Å². The number of nitrogens with zero attached hydrogens (tertiary/aromatic N) is 2. The van der Waals surface area contributed by atoms with Gasteiger partial charge in [-0.05, 0) is 43.1 Å². The van der Waals surface area contributed by atoms with Gasteiger partial charge in [0, 0.05) is 30.9 Å². The van der Waals surface area contributed by atoms with E-state index in [9.17, 15) is 9.59 Å². The number of alkyl carbamates (subject to hydrolysis) is 1. The predicted molar refractivity (Wildman–Crippen MR) is 132 cm³/mol. The van der Waals surface area contributed by atoms with E-state index in [1.807, 2.05) is 67.7 Å². The van der Waals surface area contributed by atoms with Gasteiger partial charge in [0.15, 0.2) is 0 Å². The molecule has 2 aromatic carbocycles. The summed E-state index contributed by atoms with van der Waals surface area (Å²) >= 11 is 0. The highest BCUT2D eigenvalue weighted by atomic mass is 16.5. The van der Waals surface area contributed by atoms with Crippen molar-refractivity contribution in [2.75, 3.05) is 20.7 Å². The molecule has 0 bridgehead atoms. The Hall–Kier alpha value is -3.75. The number of carbonyl (C=O) groups excluding carboxylic acids is 2. The number of amides is 3. The van der Waals surface area contributed by atoms with E-state index in [1.165, 1.54) is 12.7 Å². The summed E-state index contributed by atoms with van der Waals surface area (Å²) < 4.78 is 4.51. The Balaban J connectivity index is 1.65. The lowest BCUT2D eigenvalue weighted by atomic mass is 10.0. The van der Waals surface area contributed by atoms with Crippen molar-refractivity contribution in [1.82, 2.24) is 26.1 Å². The first-order valence-corrected chi connectivity index (χ1v) is 11.2.